The van der Waals surface area contributed by atoms with E-state index in [1.165, 1.54) is 0 Å². The molecule has 5 heteroatoms. The number of carbonyl (C=O) groups is 1. The number of likely N-dealkylation sites (tertiary alicyclic amines) is 1. The first-order valence-corrected chi connectivity index (χ1v) is 10.2. The molecule has 1 fully saturated rings. The van der Waals surface area contributed by atoms with Crippen LogP contribution < -0.4 is 4.90 Å². The first kappa shape index (κ1) is 19.4. The summed E-state index contributed by atoms with van der Waals surface area (Å²) in [7, 11) is 0. The number of aryl methyl sites for hydroxylation is 2. The molecule has 3 aromatic rings. The van der Waals surface area contributed by atoms with Gasteiger partial charge in [0.2, 0.25) is 5.91 Å². The molecule has 1 aliphatic heterocycles. The third-order valence-electron chi connectivity index (χ3n) is 5.47. The molecule has 2 heterocycles. The Morgan fingerprint density at radius 3 is 2.69 bits per heavy atom. The van der Waals surface area contributed by atoms with Crippen LogP contribution in [0.5, 0.6) is 0 Å². The monoisotopic (exact) mass is 389 g/mol. The van der Waals surface area contributed by atoms with Crippen LogP contribution in [0, 0.1) is 13.8 Å². The Morgan fingerprint density at radius 2 is 1.97 bits per heavy atom. The van der Waals surface area contributed by atoms with E-state index in [0.717, 1.165) is 47.7 Å². The summed E-state index contributed by atoms with van der Waals surface area (Å²) in [6.45, 7) is 5.80. The Hall–Kier alpha value is -2.92. The van der Waals surface area contributed by atoms with Crippen LogP contribution in [0.3, 0.4) is 0 Å². The Labute approximate surface area is 171 Å². The van der Waals surface area contributed by atoms with Gasteiger partial charge >= 0.3 is 0 Å². The quantitative estimate of drug-likeness (QED) is 0.615. The van der Waals surface area contributed by atoms with Gasteiger partial charge in [0, 0.05) is 11.8 Å². The molecular weight excluding hydrogens is 362 g/mol. The Bertz CT molecular complexity index is 967. The highest BCUT2D eigenvalue weighted by molar-refractivity contribution is 5.94. The molecular formula is C24H27N3O2. The zero-order valence-electron chi connectivity index (χ0n) is 17.0. The van der Waals surface area contributed by atoms with Crippen molar-refractivity contribution in [3.63, 3.8) is 0 Å². The van der Waals surface area contributed by atoms with Crippen LogP contribution >= 0.6 is 0 Å². The number of carbonyl (C=O) groups excluding carboxylic acids is 1. The number of aromatic nitrogens is 1. The lowest BCUT2D eigenvalue weighted by atomic mass is 10.1. The summed E-state index contributed by atoms with van der Waals surface area (Å²) in [6, 6.07) is 20.4. The zero-order valence-corrected chi connectivity index (χ0v) is 17.0. The third kappa shape index (κ3) is 4.57. The lowest BCUT2D eigenvalue weighted by molar-refractivity contribution is -0.120. The van der Waals surface area contributed by atoms with Gasteiger partial charge in [-0.15, -0.1) is 0 Å². The van der Waals surface area contributed by atoms with Crippen molar-refractivity contribution in [3.05, 3.63) is 83.2 Å². The first-order valence-electron chi connectivity index (χ1n) is 10.2. The SMILES string of the molecule is Cc1cccc(N(Cc2ccccc2)C(=O)CN2CCC[C@H]2c2cc(C)no2)c1. The van der Waals surface area contributed by atoms with Crippen molar-refractivity contribution >= 4 is 11.6 Å². The molecule has 1 amide bonds. The summed E-state index contributed by atoms with van der Waals surface area (Å²) >= 11 is 0. The Morgan fingerprint density at radius 1 is 1.14 bits per heavy atom. The standard InChI is InChI=1S/C24H27N3O2/c1-18-8-6-11-21(14-18)27(16-20-9-4-3-5-10-20)24(28)17-26-13-7-12-22(26)23-15-19(2)25-29-23/h3-6,8-11,14-15,22H,7,12-13,16-17H2,1-2H3/t22-/m0/s1. The van der Waals surface area contributed by atoms with Crippen molar-refractivity contribution in [2.45, 2.75) is 39.3 Å². The van der Waals surface area contributed by atoms with Crippen LogP contribution in [0.1, 0.15) is 41.5 Å². The third-order valence-corrected chi connectivity index (χ3v) is 5.47. The summed E-state index contributed by atoms with van der Waals surface area (Å²) in [6.07, 6.45) is 2.05. The maximum atomic E-state index is 13.4. The van der Waals surface area contributed by atoms with Gasteiger partial charge in [-0.2, -0.15) is 0 Å². The van der Waals surface area contributed by atoms with Crippen molar-refractivity contribution in [3.8, 4) is 0 Å². The van der Waals surface area contributed by atoms with Gasteiger partial charge in [-0.05, 0) is 56.5 Å². The molecule has 0 unspecified atom stereocenters. The predicted octanol–water partition coefficient (Wildman–Crippen LogP) is 4.66. The fourth-order valence-electron chi connectivity index (χ4n) is 4.02. The molecule has 4 rings (SSSR count). The van der Waals surface area contributed by atoms with E-state index in [9.17, 15) is 4.79 Å². The lowest BCUT2D eigenvalue weighted by Gasteiger charge is -2.28. The maximum Gasteiger partial charge on any atom is 0.241 e. The number of nitrogens with zero attached hydrogens (tertiary/aromatic N) is 3. The predicted molar refractivity (Wildman–Crippen MR) is 114 cm³/mol. The summed E-state index contributed by atoms with van der Waals surface area (Å²) in [4.78, 5) is 17.5. The molecule has 1 aromatic heterocycles. The van der Waals surface area contributed by atoms with Crippen molar-refractivity contribution in [2.24, 2.45) is 0 Å². The molecule has 0 bridgehead atoms. The van der Waals surface area contributed by atoms with Crippen LogP contribution in [0.25, 0.3) is 0 Å². The highest BCUT2D eigenvalue weighted by Crippen LogP contribution is 2.32. The molecule has 0 N–H and O–H groups in total. The highest BCUT2D eigenvalue weighted by Gasteiger charge is 2.32. The maximum absolute atomic E-state index is 13.4. The van der Waals surface area contributed by atoms with Crippen molar-refractivity contribution < 1.29 is 9.32 Å². The van der Waals surface area contributed by atoms with E-state index >= 15 is 0 Å². The second kappa shape index (κ2) is 8.62. The molecule has 0 radical (unpaired) electrons. The van der Waals surface area contributed by atoms with Gasteiger partial charge in [0.15, 0.2) is 5.76 Å². The van der Waals surface area contributed by atoms with Gasteiger partial charge in [0.05, 0.1) is 24.8 Å². The fraction of sp³-hybridized carbons (Fsp3) is 0.333. The normalized spacial score (nSPS) is 16.8. The largest absolute Gasteiger partial charge is 0.359 e. The highest BCUT2D eigenvalue weighted by atomic mass is 16.5. The average Bonchev–Trinajstić information content (AvgIpc) is 3.35. The number of benzene rings is 2. The minimum absolute atomic E-state index is 0.0996. The average molecular weight is 389 g/mol. The van der Waals surface area contributed by atoms with Crippen LogP contribution in [0.2, 0.25) is 0 Å². The number of hydrogen-bond acceptors (Lipinski definition) is 4. The zero-order chi connectivity index (χ0) is 20.2. The van der Waals surface area contributed by atoms with Gasteiger partial charge in [-0.1, -0.05) is 47.6 Å². The second-order valence-electron chi connectivity index (χ2n) is 7.80. The summed E-state index contributed by atoms with van der Waals surface area (Å²) in [5.74, 6) is 0.959. The van der Waals surface area contributed by atoms with E-state index in [2.05, 4.69) is 41.2 Å². The molecule has 0 saturated carbocycles. The fourth-order valence-corrected chi connectivity index (χ4v) is 4.02. The van der Waals surface area contributed by atoms with Crippen LogP contribution in [-0.2, 0) is 11.3 Å². The van der Waals surface area contributed by atoms with E-state index in [-0.39, 0.29) is 11.9 Å². The van der Waals surface area contributed by atoms with E-state index in [4.69, 9.17) is 4.52 Å². The molecule has 1 aliphatic rings. The Balaban J connectivity index is 1.56. The van der Waals surface area contributed by atoms with Crippen LogP contribution in [0.15, 0.2) is 65.2 Å². The molecule has 0 aliphatic carbocycles. The van der Waals surface area contributed by atoms with Gasteiger partial charge in [0.25, 0.3) is 0 Å². The van der Waals surface area contributed by atoms with Crippen molar-refractivity contribution in [1.29, 1.82) is 0 Å². The Kier molecular flexibility index (Phi) is 5.76. The molecule has 1 atom stereocenters. The number of amides is 1. The minimum Gasteiger partial charge on any atom is -0.359 e. The molecule has 29 heavy (non-hydrogen) atoms. The molecule has 1 saturated heterocycles. The van der Waals surface area contributed by atoms with Crippen LogP contribution in [0.4, 0.5) is 5.69 Å². The van der Waals surface area contributed by atoms with Gasteiger partial charge in [-0.3, -0.25) is 9.69 Å². The molecule has 150 valence electrons. The smallest absolute Gasteiger partial charge is 0.241 e. The van der Waals surface area contributed by atoms with E-state index in [1.54, 1.807) is 0 Å². The van der Waals surface area contributed by atoms with Gasteiger partial charge in [-0.25, -0.2) is 0 Å². The second-order valence-corrected chi connectivity index (χ2v) is 7.80. The van der Waals surface area contributed by atoms with E-state index < -0.39 is 0 Å². The van der Waals surface area contributed by atoms with E-state index in [1.807, 2.05) is 48.2 Å². The number of hydrogen-bond donors (Lipinski definition) is 0. The topological polar surface area (TPSA) is 49.6 Å². The molecule has 0 spiro atoms. The number of anilines is 1. The molecule has 5 nitrogen and oxygen atoms in total. The van der Waals surface area contributed by atoms with Gasteiger partial charge in [0.1, 0.15) is 0 Å². The van der Waals surface area contributed by atoms with Crippen LogP contribution in [-0.4, -0.2) is 29.1 Å². The van der Waals surface area contributed by atoms with Crippen molar-refractivity contribution in [2.75, 3.05) is 18.0 Å². The summed E-state index contributed by atoms with van der Waals surface area (Å²) < 4.78 is 5.50. The first-order chi connectivity index (χ1) is 14.1. The number of rotatable bonds is 6. The summed E-state index contributed by atoms with van der Waals surface area (Å²) in [5, 5.41) is 4.03. The van der Waals surface area contributed by atoms with Crippen molar-refractivity contribution in [1.82, 2.24) is 10.1 Å². The minimum atomic E-state index is 0.0996. The van der Waals surface area contributed by atoms with Gasteiger partial charge < -0.3 is 9.42 Å². The van der Waals surface area contributed by atoms with E-state index in [0.29, 0.717) is 13.1 Å². The molecule has 2 aromatic carbocycles. The summed E-state index contributed by atoms with van der Waals surface area (Å²) in [5.41, 5.74) is 4.07. The lowest BCUT2D eigenvalue weighted by Crippen LogP contribution is -2.40.